The second-order valence-corrected chi connectivity index (χ2v) is 6.75. The Morgan fingerprint density at radius 3 is 2.33 bits per heavy atom. The van der Waals surface area contributed by atoms with Crippen molar-refractivity contribution >= 4 is 41.3 Å². The van der Waals surface area contributed by atoms with Crippen molar-refractivity contribution in [3.8, 4) is 0 Å². The molecule has 0 aromatic heterocycles. The number of hydrogen-bond donors (Lipinski definition) is 7. The number of carbonyl (C=O) groups is 3. The van der Waals surface area contributed by atoms with E-state index in [1.54, 1.807) is 12.1 Å². The Labute approximate surface area is 187 Å². The molecule has 0 radical (unpaired) electrons. The van der Waals surface area contributed by atoms with E-state index in [4.69, 9.17) is 21.7 Å². The van der Waals surface area contributed by atoms with Crippen molar-refractivity contribution in [3.05, 3.63) is 53.8 Å². The first-order valence-electron chi connectivity index (χ1n) is 9.50. The minimum absolute atomic E-state index is 0.00435. The molecule has 1 aromatic rings. The van der Waals surface area contributed by atoms with E-state index in [1.807, 2.05) is 0 Å². The molecule has 1 aliphatic rings. The van der Waals surface area contributed by atoms with Crippen molar-refractivity contribution in [3.63, 3.8) is 0 Å². The Kier molecular flexibility index (Phi) is 8.26. The van der Waals surface area contributed by atoms with Crippen molar-refractivity contribution in [2.45, 2.75) is 18.9 Å². The van der Waals surface area contributed by atoms with Crippen LogP contribution in [0.15, 0.2) is 63.2 Å². The smallest absolute Gasteiger partial charge is 0.326 e. The third-order valence-electron chi connectivity index (χ3n) is 4.17. The predicted octanol–water partition coefficient (Wildman–Crippen LogP) is 0.186. The minimum atomic E-state index is -1.32. The number of carbonyl (C=O) groups excluding carboxylic acids is 1. The molecule has 1 atom stereocenters. The standard InChI is InChI=1S/C20H23N7O6/c1-10(21)25-18-16(17(22)30)24-9-13(26-18)8-23-12-4-2-11(3-5-12)19(31)27-14(20(32)33)6-7-15(28)29/h2-5,9,14,23,30H,1,6-8,21-22H2,(H,27,31)(H,28,29)(H,32,33)/b17-16-,25-18+. The average Bonchev–Trinajstić information content (AvgIpc) is 2.74. The van der Waals surface area contributed by atoms with Crippen LogP contribution >= 0.6 is 0 Å². The highest BCUT2D eigenvalue weighted by Gasteiger charge is 2.21. The zero-order valence-corrected chi connectivity index (χ0v) is 17.4. The van der Waals surface area contributed by atoms with Gasteiger partial charge in [0.25, 0.3) is 5.91 Å². The van der Waals surface area contributed by atoms with Crippen LogP contribution < -0.4 is 22.1 Å². The Hall–Kier alpha value is -4.68. The first kappa shape index (κ1) is 24.6. The van der Waals surface area contributed by atoms with E-state index in [2.05, 4.69) is 32.2 Å². The van der Waals surface area contributed by atoms with Gasteiger partial charge in [-0.3, -0.25) is 9.59 Å². The van der Waals surface area contributed by atoms with Gasteiger partial charge in [-0.1, -0.05) is 6.58 Å². The van der Waals surface area contributed by atoms with Crippen molar-refractivity contribution in [2.24, 2.45) is 26.4 Å². The van der Waals surface area contributed by atoms with Crippen LogP contribution in [0.3, 0.4) is 0 Å². The van der Waals surface area contributed by atoms with E-state index in [-0.39, 0.29) is 42.3 Å². The summed E-state index contributed by atoms with van der Waals surface area (Å²) in [6.45, 7) is 3.65. The molecule has 0 fully saturated rings. The van der Waals surface area contributed by atoms with Gasteiger partial charge in [0, 0.05) is 17.7 Å². The Balaban J connectivity index is 2.02. The highest BCUT2D eigenvalue weighted by Crippen LogP contribution is 2.13. The van der Waals surface area contributed by atoms with Gasteiger partial charge in [-0.2, -0.15) is 0 Å². The van der Waals surface area contributed by atoms with Gasteiger partial charge in [-0.05, 0) is 30.7 Å². The van der Waals surface area contributed by atoms with E-state index < -0.39 is 29.8 Å². The summed E-state index contributed by atoms with van der Waals surface area (Å²) in [6, 6.07) is 4.82. The lowest BCUT2D eigenvalue weighted by molar-refractivity contribution is -0.140. The van der Waals surface area contributed by atoms with Crippen LogP contribution in [0.25, 0.3) is 0 Å². The summed E-state index contributed by atoms with van der Waals surface area (Å²) in [5.74, 6) is -3.73. The quantitative estimate of drug-likeness (QED) is 0.238. The number of amides is 1. The normalized spacial score (nSPS) is 16.5. The van der Waals surface area contributed by atoms with Gasteiger partial charge in [-0.15, -0.1) is 0 Å². The summed E-state index contributed by atoms with van der Waals surface area (Å²) < 4.78 is 0. The van der Waals surface area contributed by atoms with Crippen LogP contribution in [-0.2, 0) is 9.59 Å². The molecule has 174 valence electrons. The summed E-state index contributed by atoms with van der Waals surface area (Å²) in [5, 5.41) is 32.7. The fraction of sp³-hybridized carbons (Fsp3) is 0.200. The zero-order valence-electron chi connectivity index (χ0n) is 17.4. The summed E-state index contributed by atoms with van der Waals surface area (Å²) in [7, 11) is 0. The summed E-state index contributed by atoms with van der Waals surface area (Å²) >= 11 is 0. The molecule has 33 heavy (non-hydrogen) atoms. The molecule has 0 aliphatic carbocycles. The van der Waals surface area contributed by atoms with Gasteiger partial charge in [0.05, 0.1) is 18.5 Å². The highest BCUT2D eigenvalue weighted by molar-refractivity contribution is 6.37. The molecule has 13 nitrogen and oxygen atoms in total. The van der Waals surface area contributed by atoms with Crippen LogP contribution in [-0.4, -0.2) is 63.5 Å². The molecular formula is C20H23N7O6. The largest absolute Gasteiger partial charge is 0.493 e. The maximum atomic E-state index is 12.3. The molecular weight excluding hydrogens is 434 g/mol. The molecule has 1 aliphatic heterocycles. The van der Waals surface area contributed by atoms with Gasteiger partial charge in [0.2, 0.25) is 5.88 Å². The van der Waals surface area contributed by atoms with Gasteiger partial charge in [0.15, 0.2) is 11.5 Å². The fourth-order valence-electron chi connectivity index (χ4n) is 2.59. The van der Waals surface area contributed by atoms with E-state index in [0.717, 1.165) is 0 Å². The van der Waals surface area contributed by atoms with Crippen molar-refractivity contribution in [1.29, 1.82) is 0 Å². The number of carboxylic acid groups (broad SMARTS) is 2. The third-order valence-corrected chi connectivity index (χ3v) is 4.17. The van der Waals surface area contributed by atoms with Crippen LogP contribution in [0.5, 0.6) is 0 Å². The fourth-order valence-corrected chi connectivity index (χ4v) is 2.59. The van der Waals surface area contributed by atoms with E-state index in [9.17, 15) is 19.5 Å². The number of benzene rings is 1. The Bertz CT molecular complexity index is 1070. The maximum absolute atomic E-state index is 12.3. The van der Waals surface area contributed by atoms with E-state index in [0.29, 0.717) is 11.4 Å². The van der Waals surface area contributed by atoms with Crippen LogP contribution in [0.2, 0.25) is 0 Å². The van der Waals surface area contributed by atoms with Gasteiger partial charge >= 0.3 is 11.9 Å². The molecule has 1 heterocycles. The molecule has 1 unspecified atom stereocenters. The number of hydrogen-bond acceptors (Lipinski definition) is 9. The lowest BCUT2D eigenvalue weighted by Crippen LogP contribution is -2.41. The predicted molar refractivity (Wildman–Crippen MR) is 121 cm³/mol. The lowest BCUT2D eigenvalue weighted by Gasteiger charge is -2.14. The lowest BCUT2D eigenvalue weighted by atomic mass is 10.1. The number of carboxylic acids is 2. The monoisotopic (exact) mass is 457 g/mol. The number of aliphatic carboxylic acids is 2. The molecule has 2 rings (SSSR count). The number of nitrogens with one attached hydrogen (secondary N) is 2. The Morgan fingerprint density at radius 1 is 1.12 bits per heavy atom. The van der Waals surface area contributed by atoms with Crippen molar-refractivity contribution in [1.82, 2.24) is 5.32 Å². The molecule has 1 aromatic carbocycles. The topological polar surface area (TPSA) is 225 Å². The maximum Gasteiger partial charge on any atom is 0.326 e. The summed E-state index contributed by atoms with van der Waals surface area (Å²) in [6.07, 6.45) is 0.761. The summed E-state index contributed by atoms with van der Waals surface area (Å²) in [5.41, 5.74) is 12.0. The average molecular weight is 457 g/mol. The second-order valence-electron chi connectivity index (χ2n) is 6.75. The van der Waals surface area contributed by atoms with Crippen LogP contribution in [0.1, 0.15) is 23.2 Å². The van der Waals surface area contributed by atoms with Crippen molar-refractivity contribution < 1.29 is 29.7 Å². The third kappa shape index (κ3) is 7.50. The molecule has 0 saturated heterocycles. The number of aliphatic hydroxyl groups excluding tert-OH is 1. The van der Waals surface area contributed by atoms with Crippen LogP contribution in [0, 0.1) is 0 Å². The number of amidine groups is 1. The molecule has 9 N–H and O–H groups in total. The summed E-state index contributed by atoms with van der Waals surface area (Å²) in [4.78, 5) is 46.3. The number of rotatable bonds is 10. The number of anilines is 1. The van der Waals surface area contributed by atoms with E-state index in [1.165, 1.54) is 18.3 Å². The molecule has 13 heteroatoms. The van der Waals surface area contributed by atoms with Crippen molar-refractivity contribution in [2.75, 3.05) is 11.9 Å². The molecule has 0 bridgehead atoms. The number of nitrogens with two attached hydrogens (primary N) is 2. The number of aliphatic hydroxyl groups is 1. The molecule has 0 saturated carbocycles. The SMILES string of the molecule is C=C(N)/N=C1/N=C(CNc2ccc(C(=O)NC(CCC(=O)O)C(=O)O)cc2)C=N/C1=C(/N)O. The second kappa shape index (κ2) is 11.1. The zero-order chi connectivity index (χ0) is 24.5. The first-order valence-corrected chi connectivity index (χ1v) is 9.50. The number of aliphatic imine (C=N–C) groups is 3. The van der Waals surface area contributed by atoms with Crippen LogP contribution in [0.4, 0.5) is 5.69 Å². The first-order chi connectivity index (χ1) is 15.6. The highest BCUT2D eigenvalue weighted by atomic mass is 16.4. The van der Waals surface area contributed by atoms with E-state index >= 15 is 0 Å². The van der Waals surface area contributed by atoms with Gasteiger partial charge in [-0.25, -0.2) is 19.8 Å². The number of nitrogens with zero attached hydrogens (tertiary/aromatic N) is 3. The van der Waals surface area contributed by atoms with Gasteiger partial charge in [0.1, 0.15) is 11.9 Å². The minimum Gasteiger partial charge on any atom is -0.493 e. The molecule has 0 spiro atoms. The van der Waals surface area contributed by atoms with Gasteiger partial charge < -0.3 is 37.4 Å². The Morgan fingerprint density at radius 2 is 1.79 bits per heavy atom. The molecule has 1 amide bonds.